The van der Waals surface area contributed by atoms with Gasteiger partial charge >= 0.3 is 5.97 Å². The Hall–Kier alpha value is -2.20. The second kappa shape index (κ2) is 14.1. The fourth-order valence-electron chi connectivity index (χ4n) is 4.56. The number of pyridine rings is 1. The number of nitrogens with one attached hydrogen (secondary N) is 1. The summed E-state index contributed by atoms with van der Waals surface area (Å²) in [5, 5.41) is 23.7. The van der Waals surface area contributed by atoms with Crippen molar-refractivity contribution in [1.29, 1.82) is 0 Å². The number of rotatable bonds is 13. The largest absolute Gasteiger partial charge is 0.548 e. The van der Waals surface area contributed by atoms with Crippen molar-refractivity contribution in [2.75, 3.05) is 17.3 Å². The van der Waals surface area contributed by atoms with Gasteiger partial charge in [-0.15, -0.1) is 35.3 Å². The van der Waals surface area contributed by atoms with Crippen molar-refractivity contribution in [2.45, 2.75) is 53.0 Å². The van der Waals surface area contributed by atoms with E-state index in [9.17, 15) is 29.4 Å². The lowest BCUT2D eigenvalue weighted by molar-refractivity contribution is -0.697. The summed E-state index contributed by atoms with van der Waals surface area (Å²) in [6, 6.07) is 1.94. The summed E-state index contributed by atoms with van der Waals surface area (Å²) in [5.41, 5.74) is 12.3. The van der Waals surface area contributed by atoms with Crippen LogP contribution in [0.25, 0.3) is 0 Å². The average molecular weight is 675 g/mol. The normalized spacial score (nSPS) is 24.3. The maximum atomic E-state index is 13.0. The number of aromatic nitrogens is 1. The Kier molecular flexibility index (Phi) is 10.9. The minimum Gasteiger partial charge on any atom is -0.548 e. The van der Waals surface area contributed by atoms with Crippen LogP contribution >= 0.6 is 58.5 Å². The zero-order chi connectivity index (χ0) is 30.6. The number of aryl methyl sites for hydroxylation is 1. The molecule has 4 atom stereocenters. The highest BCUT2D eigenvalue weighted by Gasteiger charge is 2.54. The molecule has 0 spiro atoms. The quantitative estimate of drug-likeness (QED) is 0.100. The van der Waals surface area contributed by atoms with Crippen LogP contribution in [0.15, 0.2) is 62.9 Å². The number of amides is 2. The Labute approximate surface area is 265 Å². The maximum absolute atomic E-state index is 13.0. The van der Waals surface area contributed by atoms with Crippen molar-refractivity contribution < 1.29 is 34.0 Å². The van der Waals surface area contributed by atoms with Gasteiger partial charge in [0.15, 0.2) is 12.4 Å². The van der Waals surface area contributed by atoms with E-state index in [0.717, 1.165) is 16.7 Å². The molecular formula is C26H29Cl2N5O6S3. The van der Waals surface area contributed by atoms with Crippen molar-refractivity contribution in [3.63, 3.8) is 0 Å². The van der Waals surface area contributed by atoms with Crippen molar-refractivity contribution in [3.05, 3.63) is 58.0 Å². The van der Waals surface area contributed by atoms with Crippen LogP contribution < -0.4 is 26.5 Å². The Morgan fingerprint density at radius 1 is 1.31 bits per heavy atom. The molecule has 2 amide bonds. The number of β-lactam (4-membered cyclic amide) rings is 1. The van der Waals surface area contributed by atoms with Crippen molar-refractivity contribution in [2.24, 2.45) is 11.5 Å². The Bertz CT molecular complexity index is 1360. The standard InChI is InChI=1S/C26H29Cl2N5O6S3/c27-15-8-16(28)10-26(30,9-15)42-13-19(34)31-20-22(35)33-21(25(38)39)14(12-41-23(20)33)11-40-17-3-6-32(7-4-17)5-1-2-18(29)24(36)37/h3-4,6-9,18,20,23H,1-2,5,10-13,29-30H2,(H2-,31,34,36,37,38,39)/t18-,20+,23+,26?/m0/s1. The average Bonchev–Trinajstić information content (AvgIpc) is 2.92. The number of aliphatic carboxylic acids is 2. The van der Waals surface area contributed by atoms with Gasteiger partial charge in [-0.25, -0.2) is 9.36 Å². The molecule has 3 aliphatic rings. The molecule has 1 aromatic rings. The third-order valence-electron chi connectivity index (χ3n) is 6.67. The predicted molar refractivity (Wildman–Crippen MR) is 161 cm³/mol. The molecule has 1 aromatic heterocycles. The highest BCUT2D eigenvalue weighted by molar-refractivity contribution is 8.01. The number of nitrogens with zero attached hydrogens (tertiary/aromatic N) is 2. The van der Waals surface area contributed by atoms with E-state index >= 15 is 0 Å². The van der Waals surface area contributed by atoms with Crippen LogP contribution in [0.3, 0.4) is 0 Å². The predicted octanol–water partition coefficient (Wildman–Crippen LogP) is 0.700. The van der Waals surface area contributed by atoms with E-state index < -0.39 is 46.1 Å². The molecule has 1 aliphatic carbocycles. The van der Waals surface area contributed by atoms with Crippen molar-refractivity contribution in [3.8, 4) is 0 Å². The number of fused-ring (bicyclic) bond motifs is 1. The molecule has 0 bridgehead atoms. The van der Waals surface area contributed by atoms with Crippen LogP contribution in [-0.4, -0.2) is 73.3 Å². The molecule has 4 rings (SSSR count). The van der Waals surface area contributed by atoms with Gasteiger partial charge in [0.1, 0.15) is 23.7 Å². The lowest BCUT2D eigenvalue weighted by Crippen LogP contribution is -2.70. The summed E-state index contributed by atoms with van der Waals surface area (Å²) < 4.78 is 1.90. The lowest BCUT2D eigenvalue weighted by atomic mass is 10.0. The Morgan fingerprint density at radius 2 is 2.02 bits per heavy atom. The zero-order valence-corrected chi connectivity index (χ0v) is 26.1. The summed E-state index contributed by atoms with van der Waals surface area (Å²) in [7, 11) is 0. The van der Waals surface area contributed by atoms with Crippen LogP contribution in [0.1, 0.15) is 19.3 Å². The third kappa shape index (κ3) is 8.04. The topological polar surface area (TPSA) is 183 Å². The number of carboxylic acid groups (broad SMARTS) is 2. The van der Waals surface area contributed by atoms with Gasteiger partial charge in [0.05, 0.1) is 16.6 Å². The first-order valence-electron chi connectivity index (χ1n) is 12.8. The highest BCUT2D eigenvalue weighted by atomic mass is 35.5. The van der Waals surface area contributed by atoms with Gasteiger partial charge in [0.2, 0.25) is 5.91 Å². The van der Waals surface area contributed by atoms with E-state index in [4.69, 9.17) is 34.7 Å². The molecule has 226 valence electrons. The van der Waals surface area contributed by atoms with Crippen LogP contribution in [0.4, 0.5) is 0 Å². The second-order valence-electron chi connectivity index (χ2n) is 9.88. The molecule has 0 saturated carbocycles. The van der Waals surface area contributed by atoms with Gasteiger partial charge in [-0.3, -0.25) is 14.5 Å². The number of nitrogens with two attached hydrogens (primary N) is 2. The van der Waals surface area contributed by atoms with Gasteiger partial charge in [0, 0.05) is 57.5 Å². The third-order valence-corrected chi connectivity index (χ3v) is 10.8. The molecule has 6 N–H and O–H groups in total. The number of carbonyl (C=O) groups is 4. The van der Waals surface area contributed by atoms with E-state index in [1.165, 1.54) is 28.4 Å². The Balaban J connectivity index is 1.30. The molecule has 2 aliphatic heterocycles. The summed E-state index contributed by atoms with van der Waals surface area (Å²) >= 11 is 16.1. The first-order valence-corrected chi connectivity index (χ1v) is 16.6. The van der Waals surface area contributed by atoms with Gasteiger partial charge in [-0.2, -0.15) is 0 Å². The van der Waals surface area contributed by atoms with Gasteiger partial charge in [-0.1, -0.05) is 23.2 Å². The Morgan fingerprint density at radius 3 is 2.67 bits per heavy atom. The molecule has 1 unspecified atom stereocenters. The van der Waals surface area contributed by atoms with Gasteiger partial charge in [0.25, 0.3) is 5.91 Å². The maximum Gasteiger partial charge on any atom is 0.352 e. The van der Waals surface area contributed by atoms with Crippen LogP contribution in [0, 0.1) is 0 Å². The van der Waals surface area contributed by atoms with Crippen molar-refractivity contribution >= 4 is 82.2 Å². The number of halogens is 2. The summed E-state index contributed by atoms with van der Waals surface area (Å²) in [4.78, 5) is 49.8. The van der Waals surface area contributed by atoms with Gasteiger partial charge in [-0.05, 0) is 24.1 Å². The van der Waals surface area contributed by atoms with Crippen LogP contribution in [-0.2, 0) is 25.7 Å². The SMILES string of the molecule is N[C@@H](CCC[n+]1ccc(SCC2=C(C(=O)O)N3C(=O)[C@@H](NC(=O)CSC4(N)C=C(Cl)C=C(Cl)C4)[C@H]3SC2)cc1)C(=O)[O-]. The lowest BCUT2D eigenvalue weighted by Gasteiger charge is -2.49. The molecule has 1 saturated heterocycles. The van der Waals surface area contributed by atoms with E-state index in [1.54, 1.807) is 12.2 Å². The van der Waals surface area contributed by atoms with Gasteiger partial charge < -0.3 is 31.8 Å². The molecule has 1 fully saturated rings. The highest BCUT2D eigenvalue weighted by Crippen LogP contribution is 2.42. The monoisotopic (exact) mass is 673 g/mol. The number of carbonyl (C=O) groups excluding carboxylic acids is 3. The van der Waals surface area contributed by atoms with E-state index in [2.05, 4.69) is 5.32 Å². The smallest absolute Gasteiger partial charge is 0.352 e. The number of allylic oxidation sites excluding steroid dienone is 2. The zero-order valence-electron chi connectivity index (χ0n) is 22.2. The summed E-state index contributed by atoms with van der Waals surface area (Å²) in [6.07, 6.45) is 8.13. The molecule has 0 radical (unpaired) electrons. The summed E-state index contributed by atoms with van der Waals surface area (Å²) in [5.74, 6) is -2.60. The fraction of sp³-hybridized carbons (Fsp3) is 0.423. The molecule has 16 heteroatoms. The van der Waals surface area contributed by atoms with E-state index in [-0.39, 0.29) is 11.4 Å². The fourth-order valence-corrected chi connectivity index (χ4v) is 8.75. The van der Waals surface area contributed by atoms with Crippen molar-refractivity contribution in [1.82, 2.24) is 10.2 Å². The van der Waals surface area contributed by atoms with E-state index in [0.29, 0.717) is 53.0 Å². The molecule has 3 heterocycles. The number of carboxylic acids is 2. The minimum absolute atomic E-state index is 0.0313. The first-order chi connectivity index (χ1) is 19.9. The first kappa shape index (κ1) is 32.7. The number of hydrogen-bond acceptors (Lipinski definition) is 10. The molecule has 0 aromatic carbocycles. The molecular weight excluding hydrogens is 645 g/mol. The van der Waals surface area contributed by atoms with Crippen LogP contribution in [0.5, 0.6) is 0 Å². The molecule has 42 heavy (non-hydrogen) atoms. The van der Waals surface area contributed by atoms with Crippen LogP contribution in [0.2, 0.25) is 0 Å². The second-order valence-corrected chi connectivity index (χ2v) is 14.3. The number of thioether (sulfide) groups is 3. The molecule has 11 nitrogen and oxygen atoms in total. The van der Waals surface area contributed by atoms with E-state index in [1.807, 2.05) is 29.1 Å². The number of hydrogen-bond donors (Lipinski definition) is 4. The minimum atomic E-state index is -1.27. The summed E-state index contributed by atoms with van der Waals surface area (Å²) in [6.45, 7) is 0.593.